The Bertz CT molecular complexity index is 967. The molecule has 1 heterocycles. The van der Waals surface area contributed by atoms with Crippen molar-refractivity contribution in [2.75, 3.05) is 23.0 Å². The van der Waals surface area contributed by atoms with Crippen LogP contribution in [0.2, 0.25) is 5.02 Å². The maximum absolute atomic E-state index is 12.7. The highest BCUT2D eigenvalue weighted by Gasteiger charge is 2.34. The van der Waals surface area contributed by atoms with Crippen molar-refractivity contribution in [1.82, 2.24) is 5.43 Å². The van der Waals surface area contributed by atoms with Crippen LogP contribution in [-0.2, 0) is 9.59 Å². The highest BCUT2D eigenvalue weighted by atomic mass is 35.5. The summed E-state index contributed by atoms with van der Waals surface area (Å²) in [6, 6.07) is 10.3. The number of benzene rings is 2. The summed E-state index contributed by atoms with van der Waals surface area (Å²) in [6.07, 6.45) is 1.40. The van der Waals surface area contributed by atoms with Crippen LogP contribution in [0.3, 0.4) is 0 Å². The molecule has 2 amide bonds. The van der Waals surface area contributed by atoms with Gasteiger partial charge in [-0.2, -0.15) is 0 Å². The van der Waals surface area contributed by atoms with E-state index in [9.17, 15) is 14.7 Å². The van der Waals surface area contributed by atoms with Crippen molar-refractivity contribution in [2.24, 2.45) is 0 Å². The second kappa shape index (κ2) is 7.94. The van der Waals surface area contributed by atoms with Gasteiger partial charge in [0, 0.05) is 35.4 Å². The molecule has 7 heteroatoms. The van der Waals surface area contributed by atoms with Crippen LogP contribution in [0.4, 0.5) is 11.4 Å². The number of aromatic hydroxyl groups is 1. The largest absolute Gasteiger partial charge is 0.507 e. The first-order valence-corrected chi connectivity index (χ1v) is 9.44. The number of halogens is 1. The summed E-state index contributed by atoms with van der Waals surface area (Å²) in [5.41, 5.74) is 5.10. The lowest BCUT2D eigenvalue weighted by atomic mass is 10.1. The van der Waals surface area contributed by atoms with Crippen molar-refractivity contribution in [1.29, 1.82) is 0 Å². The standard InChI is InChI=1S/C21H22ClN3O3/c1-4-24(5-2)15-9-7-14(19(26)12-15)10-17-20(27)23-25(21(17)28)16-8-6-13(3)18(22)11-16/h6-12,26H,4-5H2,1-3H3,(H,23,27)/b17-10-. The van der Waals surface area contributed by atoms with Crippen LogP contribution >= 0.6 is 11.6 Å². The molecule has 2 aromatic rings. The van der Waals surface area contributed by atoms with Crippen molar-refractivity contribution in [3.63, 3.8) is 0 Å². The molecular formula is C21H22ClN3O3. The van der Waals surface area contributed by atoms with Gasteiger partial charge in [-0.05, 0) is 56.7 Å². The minimum Gasteiger partial charge on any atom is -0.507 e. The number of hydrogen-bond acceptors (Lipinski definition) is 4. The first-order valence-electron chi connectivity index (χ1n) is 9.07. The number of aryl methyl sites for hydroxylation is 1. The first-order chi connectivity index (χ1) is 13.3. The van der Waals surface area contributed by atoms with Crippen LogP contribution in [0.25, 0.3) is 6.08 Å². The molecule has 2 aromatic carbocycles. The zero-order chi connectivity index (χ0) is 20.4. The summed E-state index contributed by atoms with van der Waals surface area (Å²) in [7, 11) is 0. The molecule has 0 atom stereocenters. The maximum atomic E-state index is 12.7. The van der Waals surface area contributed by atoms with Gasteiger partial charge in [0.25, 0.3) is 11.8 Å². The van der Waals surface area contributed by atoms with E-state index in [0.29, 0.717) is 16.3 Å². The van der Waals surface area contributed by atoms with E-state index in [-0.39, 0.29) is 11.3 Å². The van der Waals surface area contributed by atoms with E-state index in [1.165, 1.54) is 6.08 Å². The number of nitrogens with zero attached hydrogens (tertiary/aromatic N) is 2. The number of carbonyl (C=O) groups is 2. The molecule has 0 aliphatic carbocycles. The fourth-order valence-corrected chi connectivity index (χ4v) is 3.23. The lowest BCUT2D eigenvalue weighted by Crippen LogP contribution is -2.35. The van der Waals surface area contributed by atoms with Crippen molar-refractivity contribution in [3.8, 4) is 5.75 Å². The highest BCUT2D eigenvalue weighted by Crippen LogP contribution is 2.29. The van der Waals surface area contributed by atoms with E-state index >= 15 is 0 Å². The summed E-state index contributed by atoms with van der Waals surface area (Å²) in [6.45, 7) is 7.54. The Kier molecular flexibility index (Phi) is 5.61. The third kappa shape index (κ3) is 3.68. The Morgan fingerprint density at radius 3 is 2.46 bits per heavy atom. The molecule has 3 rings (SSSR count). The fourth-order valence-electron chi connectivity index (χ4n) is 3.06. The van der Waals surface area contributed by atoms with Crippen LogP contribution in [-0.4, -0.2) is 30.0 Å². The Labute approximate surface area is 169 Å². The topological polar surface area (TPSA) is 72.9 Å². The normalized spacial score (nSPS) is 15.3. The minimum atomic E-state index is -0.533. The molecule has 0 aromatic heterocycles. The average molecular weight is 400 g/mol. The van der Waals surface area contributed by atoms with Crippen molar-refractivity contribution in [3.05, 3.63) is 58.1 Å². The van der Waals surface area contributed by atoms with Crippen molar-refractivity contribution in [2.45, 2.75) is 20.8 Å². The summed E-state index contributed by atoms with van der Waals surface area (Å²) in [5, 5.41) is 12.0. The van der Waals surface area contributed by atoms with Crippen LogP contribution in [0.5, 0.6) is 5.75 Å². The van der Waals surface area contributed by atoms with Gasteiger partial charge >= 0.3 is 0 Å². The predicted octanol–water partition coefficient (Wildman–Crippen LogP) is 3.66. The van der Waals surface area contributed by atoms with Gasteiger partial charge in [0.15, 0.2) is 0 Å². The number of nitrogens with one attached hydrogen (secondary N) is 1. The van der Waals surface area contributed by atoms with E-state index < -0.39 is 11.8 Å². The van der Waals surface area contributed by atoms with Crippen LogP contribution in [0, 0.1) is 6.92 Å². The molecule has 0 spiro atoms. The van der Waals surface area contributed by atoms with Gasteiger partial charge in [-0.25, -0.2) is 5.01 Å². The molecule has 0 radical (unpaired) electrons. The van der Waals surface area contributed by atoms with Crippen molar-refractivity contribution >= 4 is 40.9 Å². The summed E-state index contributed by atoms with van der Waals surface area (Å²) in [5.74, 6) is -1.03. The molecule has 1 aliphatic heterocycles. The van der Waals surface area contributed by atoms with E-state index in [4.69, 9.17) is 11.6 Å². The smallest absolute Gasteiger partial charge is 0.282 e. The summed E-state index contributed by atoms with van der Waals surface area (Å²) in [4.78, 5) is 27.2. The number of carbonyl (C=O) groups excluding carboxylic acids is 2. The Hall–Kier alpha value is -2.99. The van der Waals surface area contributed by atoms with Crippen LogP contribution in [0.1, 0.15) is 25.0 Å². The zero-order valence-corrected chi connectivity index (χ0v) is 16.7. The van der Waals surface area contributed by atoms with Gasteiger partial charge in [0.05, 0.1) is 5.69 Å². The number of phenols is 1. The quantitative estimate of drug-likeness (QED) is 0.594. The molecule has 2 N–H and O–H groups in total. The van der Waals surface area contributed by atoms with E-state index in [1.807, 2.05) is 26.8 Å². The molecular weight excluding hydrogens is 378 g/mol. The number of amides is 2. The van der Waals surface area contributed by atoms with Gasteiger partial charge in [-0.15, -0.1) is 0 Å². The molecule has 1 saturated heterocycles. The molecule has 6 nitrogen and oxygen atoms in total. The minimum absolute atomic E-state index is 0.00864. The second-order valence-electron chi connectivity index (χ2n) is 6.49. The molecule has 146 valence electrons. The third-order valence-electron chi connectivity index (χ3n) is 4.75. The molecule has 28 heavy (non-hydrogen) atoms. The predicted molar refractivity (Wildman–Crippen MR) is 111 cm³/mol. The lowest BCUT2D eigenvalue weighted by Gasteiger charge is -2.21. The van der Waals surface area contributed by atoms with Gasteiger partial charge in [-0.1, -0.05) is 17.7 Å². The Morgan fingerprint density at radius 1 is 1.14 bits per heavy atom. The van der Waals surface area contributed by atoms with E-state index in [1.54, 1.807) is 30.3 Å². The number of phenolic OH excluding ortho intramolecular Hbond substituents is 1. The number of anilines is 2. The first kappa shape index (κ1) is 19.8. The van der Waals surface area contributed by atoms with E-state index in [2.05, 4.69) is 10.3 Å². The molecule has 0 unspecified atom stereocenters. The van der Waals surface area contributed by atoms with Gasteiger partial charge in [-0.3, -0.25) is 15.0 Å². The molecule has 1 aliphatic rings. The number of rotatable bonds is 5. The zero-order valence-electron chi connectivity index (χ0n) is 16.0. The summed E-state index contributed by atoms with van der Waals surface area (Å²) >= 11 is 6.13. The van der Waals surface area contributed by atoms with Crippen LogP contribution < -0.4 is 15.3 Å². The average Bonchev–Trinajstić information content (AvgIpc) is 2.95. The number of hydrogen-bond donors (Lipinski definition) is 2. The maximum Gasteiger partial charge on any atom is 0.282 e. The summed E-state index contributed by atoms with van der Waals surface area (Å²) < 4.78 is 0. The van der Waals surface area contributed by atoms with E-state index in [0.717, 1.165) is 29.3 Å². The monoisotopic (exact) mass is 399 g/mol. The molecule has 0 bridgehead atoms. The molecule has 1 fully saturated rings. The Balaban J connectivity index is 1.91. The third-order valence-corrected chi connectivity index (χ3v) is 5.15. The lowest BCUT2D eigenvalue weighted by molar-refractivity contribution is -0.117. The van der Waals surface area contributed by atoms with Crippen LogP contribution in [0.15, 0.2) is 42.0 Å². The SMILES string of the molecule is CCN(CC)c1ccc(/C=C2/C(=O)NN(c3ccc(C)c(Cl)c3)C2=O)c(O)c1. The van der Waals surface area contributed by atoms with Crippen molar-refractivity contribution < 1.29 is 14.7 Å². The second-order valence-corrected chi connectivity index (χ2v) is 6.90. The van der Waals surface area contributed by atoms with Gasteiger partial charge in [0.2, 0.25) is 0 Å². The highest BCUT2D eigenvalue weighted by molar-refractivity contribution is 6.33. The Morgan fingerprint density at radius 2 is 1.86 bits per heavy atom. The fraction of sp³-hybridized carbons (Fsp3) is 0.238. The van der Waals surface area contributed by atoms with Gasteiger partial charge < -0.3 is 10.0 Å². The van der Waals surface area contributed by atoms with Gasteiger partial charge in [0.1, 0.15) is 11.3 Å². The number of hydrazine groups is 1. The molecule has 0 saturated carbocycles.